The molecular weight excluding hydrogens is 1610 g/mol. The van der Waals surface area contributed by atoms with E-state index in [1.54, 1.807) is 24.4 Å². The lowest BCUT2D eigenvalue weighted by Gasteiger charge is -2.31. The monoisotopic (exact) mass is 1700 g/mol. The minimum atomic E-state index is -0.738. The van der Waals surface area contributed by atoms with Crippen LogP contribution in [0, 0.1) is 53.4 Å². The van der Waals surface area contributed by atoms with Gasteiger partial charge < -0.3 is 58.4 Å². The molecule has 0 spiro atoms. The number of aliphatic carboxylic acids is 1. The van der Waals surface area contributed by atoms with Gasteiger partial charge in [0.2, 0.25) is 5.91 Å². The molecule has 11 aliphatic heterocycles. The first-order valence-corrected chi connectivity index (χ1v) is 41.2. The average Bonchev–Trinajstić information content (AvgIpc) is 0.901. The number of amides is 3. The number of fused-ring (bicyclic) bond motifs is 8. The summed E-state index contributed by atoms with van der Waals surface area (Å²) >= 11 is 6.35. The number of H-pyrrole nitrogens is 5. The van der Waals surface area contributed by atoms with Crippen LogP contribution in [0.15, 0.2) is 110 Å². The fraction of sp³-hybridized carbons (Fsp3) is 0.417. The molecule has 3 saturated heterocycles. The molecule has 11 aliphatic rings. The summed E-state index contributed by atoms with van der Waals surface area (Å²) < 4.78 is 12.6. The second-order valence-corrected chi connectivity index (χ2v) is 31.6. The number of rotatable bonds is 23. The van der Waals surface area contributed by atoms with Crippen molar-refractivity contribution >= 4 is 91.0 Å². The molecule has 0 bridgehead atoms. The van der Waals surface area contributed by atoms with Gasteiger partial charge in [0.1, 0.15) is 5.69 Å². The number of halogens is 1. The normalized spacial score (nSPS) is 14.1. The van der Waals surface area contributed by atoms with E-state index in [9.17, 15) is 67.4 Å². The Hall–Kier alpha value is -13.4. The Bertz CT molecular complexity index is 6630. The largest absolute Gasteiger partial charge is 0.481 e. The van der Waals surface area contributed by atoms with E-state index >= 15 is 0 Å². The SMILES string of the molecule is CCOC(=O)C1CCN(CCn2c3nc(=O)[nH]c(=O)c-3nc3cc(C)c(Cl)cc32)CC1.Cc1cc2nc3c(=O)[nH]c(=O)nc-3n(CCCCCN3C(=O)CNC3=O)c2cc1C.Cc1cc2nc3c(=O)[nH]c(=O)nc-3n(CCCCCNc3ccc[nH]c3=O)c2cc1C.Cc1cc2nc3c(=O)[nH]c(=O)nc-3n(CCN3CCC(C(=O)O)CC3)c2cc1N(C)C. The van der Waals surface area contributed by atoms with Crippen LogP contribution in [0.4, 0.5) is 16.2 Å². The molecule has 8 N–H and O–H groups in total. The number of hydrogen-bond donors (Lipinski definition) is 8. The standard InChI is InChI=1S/C22H24N6O3.C21H24ClN5O4.C21H26N6O4.C20H22N6O4/c1-13-11-16-17(12-14(13)2)28(19-18(25-16)21(30)27-22(31)26-19)10-5-3-4-8-23-15-7-6-9-24-20(15)29;1-3-31-20(29)13-4-6-26(7-5-13)8-9-27-16-11-14(22)12(2)10-15(16)23-17-18(27)24-21(30)25-19(17)28;1-12-10-14-16(11-15(12)25(2)3)27(18-17(22-14)19(28)24-21(31)23-18)9-8-26-6-4-13(5-7-26)20(29)30;1-11-8-13-14(9-12(11)2)25(17-16(22-13)18(28)24-19(29)23-17)6-4-3-5-7-26-15(27)10-21-20(26)30/h6-7,9,11-12,23H,3-5,8,10H2,1-2H3,(H,24,29)(H,27,30,31);10-11,13H,3-9H2,1-2H3,(H,25,28,30);10-11,13H,4-9H2,1-3H3,(H,29,30)(H,24,28,31);8-9H,3-7,10H2,1-2H3,(H,21,30)(H,24,28,29). The van der Waals surface area contributed by atoms with E-state index in [1.165, 1.54) is 4.90 Å². The third kappa shape index (κ3) is 20.0. The number of hydrogen-bond acceptors (Lipinski definition) is 26. The minimum absolute atomic E-state index is 0.0557. The van der Waals surface area contributed by atoms with Gasteiger partial charge in [0, 0.05) is 83.4 Å². The molecule has 0 saturated carbocycles. The molecular formula is C84H96ClN23O15. The Morgan fingerprint density at radius 1 is 0.480 bits per heavy atom. The number of anilines is 2. The summed E-state index contributed by atoms with van der Waals surface area (Å²) in [5.74, 6) is -0.364. The predicted molar refractivity (Wildman–Crippen MR) is 463 cm³/mol. The summed E-state index contributed by atoms with van der Waals surface area (Å²) in [5.41, 5.74) is 8.97. The van der Waals surface area contributed by atoms with Crippen LogP contribution in [0.1, 0.15) is 105 Å². The highest BCUT2D eigenvalue weighted by Gasteiger charge is 2.31. The summed E-state index contributed by atoms with van der Waals surface area (Å²) in [7, 11) is 3.91. The molecule has 4 aromatic carbocycles. The smallest absolute Gasteiger partial charge is 0.349 e. The zero-order chi connectivity index (χ0) is 87.8. The van der Waals surface area contributed by atoms with E-state index in [0.717, 1.165) is 114 Å². The van der Waals surface area contributed by atoms with Gasteiger partial charge in [0.05, 0.1) is 69.1 Å². The van der Waals surface area contributed by atoms with E-state index in [0.29, 0.717) is 135 Å². The lowest BCUT2D eigenvalue weighted by atomic mass is 9.97. The first-order chi connectivity index (χ1) is 58.9. The number of esters is 1. The molecule has 644 valence electrons. The number of nitrogens with zero attached hydrogens (tertiary/aromatic N) is 16. The number of likely N-dealkylation sites (tertiary alicyclic amines) is 2. The third-order valence-electron chi connectivity index (χ3n) is 22.6. The summed E-state index contributed by atoms with van der Waals surface area (Å²) in [6, 6.07) is 18.6. The van der Waals surface area contributed by atoms with Crippen LogP contribution in [0.25, 0.3) is 90.2 Å². The van der Waals surface area contributed by atoms with Crippen molar-refractivity contribution in [3.8, 4) is 46.1 Å². The number of aromatic amines is 5. The number of pyridine rings is 1. The van der Waals surface area contributed by atoms with Gasteiger partial charge in [-0.15, -0.1) is 0 Å². The van der Waals surface area contributed by atoms with Crippen molar-refractivity contribution in [2.24, 2.45) is 11.8 Å². The summed E-state index contributed by atoms with van der Waals surface area (Å²) in [5, 5.41) is 15.4. The van der Waals surface area contributed by atoms with Gasteiger partial charge in [0.25, 0.3) is 27.8 Å². The van der Waals surface area contributed by atoms with Crippen LogP contribution in [0.5, 0.6) is 0 Å². The van der Waals surface area contributed by atoms with E-state index in [1.807, 2.05) is 128 Å². The Labute approximate surface area is 705 Å². The number of urea groups is 1. The molecule has 123 heavy (non-hydrogen) atoms. The van der Waals surface area contributed by atoms with E-state index in [2.05, 4.69) is 85.2 Å². The minimum Gasteiger partial charge on any atom is -0.481 e. The Morgan fingerprint density at radius 3 is 1.30 bits per heavy atom. The maximum absolute atomic E-state index is 12.4. The second-order valence-electron chi connectivity index (χ2n) is 31.2. The van der Waals surface area contributed by atoms with Gasteiger partial charge in [-0.25, -0.2) is 43.9 Å². The third-order valence-corrected chi connectivity index (χ3v) is 23.0. The first kappa shape index (κ1) is 87.5. The van der Waals surface area contributed by atoms with Crippen LogP contribution in [-0.4, -0.2) is 206 Å². The van der Waals surface area contributed by atoms with Crippen LogP contribution in [0.2, 0.25) is 5.02 Å². The van der Waals surface area contributed by atoms with Gasteiger partial charge in [-0.1, -0.05) is 11.6 Å². The number of carboxylic acid groups (broad SMARTS) is 1. The fourth-order valence-electron chi connectivity index (χ4n) is 15.6. The number of carboxylic acids is 1. The van der Waals surface area contributed by atoms with Crippen molar-refractivity contribution < 1.29 is 29.0 Å². The van der Waals surface area contributed by atoms with Gasteiger partial charge in [-0.2, -0.15) is 19.9 Å². The molecule has 38 nitrogen and oxygen atoms in total. The van der Waals surface area contributed by atoms with E-state index in [4.69, 9.17) is 16.3 Å². The quantitative estimate of drug-likeness (QED) is 0.0165. The lowest BCUT2D eigenvalue weighted by molar-refractivity contribution is -0.149. The highest BCUT2D eigenvalue weighted by Crippen LogP contribution is 2.32. The van der Waals surface area contributed by atoms with Crippen molar-refractivity contribution in [3.63, 3.8) is 0 Å². The van der Waals surface area contributed by atoms with Crippen LogP contribution >= 0.6 is 11.6 Å². The molecule has 0 atom stereocenters. The van der Waals surface area contributed by atoms with Crippen molar-refractivity contribution in [3.05, 3.63) is 199 Å². The number of aromatic nitrogens is 17. The number of ether oxygens (including phenoxy) is 1. The Kier molecular flexibility index (Phi) is 27.1. The molecule has 12 heterocycles. The van der Waals surface area contributed by atoms with Gasteiger partial charge >= 0.3 is 40.7 Å². The summed E-state index contributed by atoms with van der Waals surface area (Å²) in [6.07, 6.45) is 9.05. The number of piperidine rings is 2. The maximum Gasteiger partial charge on any atom is 0.349 e. The molecule has 0 aliphatic carbocycles. The number of nitrogens with one attached hydrogen (secondary N) is 7. The maximum atomic E-state index is 12.4. The number of aryl methyl sites for hydroxylation is 8. The molecule has 3 amide bonds. The Balaban J connectivity index is 0.000000141. The van der Waals surface area contributed by atoms with Gasteiger partial charge in [-0.3, -0.25) is 63.2 Å². The van der Waals surface area contributed by atoms with Crippen molar-refractivity contribution in [1.29, 1.82) is 0 Å². The number of carbonyl (C=O) groups is 4. The van der Waals surface area contributed by atoms with Gasteiger partial charge in [0.15, 0.2) is 46.1 Å². The van der Waals surface area contributed by atoms with Crippen molar-refractivity contribution in [2.75, 3.05) is 89.8 Å². The summed E-state index contributed by atoms with van der Waals surface area (Å²) in [4.78, 5) is 208. The Morgan fingerprint density at radius 2 is 0.878 bits per heavy atom. The first-order valence-electron chi connectivity index (χ1n) is 40.8. The topological polar surface area (TPSA) is 490 Å². The van der Waals surface area contributed by atoms with Crippen molar-refractivity contribution in [2.45, 2.75) is 139 Å². The highest BCUT2D eigenvalue weighted by molar-refractivity contribution is 6.32. The van der Waals surface area contributed by atoms with Gasteiger partial charge in [-0.05, 0) is 233 Å². The van der Waals surface area contributed by atoms with E-state index < -0.39 is 51.0 Å². The zero-order valence-corrected chi connectivity index (χ0v) is 70.4. The molecule has 16 rings (SSSR count). The van der Waals surface area contributed by atoms with Crippen LogP contribution in [0.3, 0.4) is 0 Å². The highest BCUT2D eigenvalue weighted by atomic mass is 35.5. The average molecular weight is 1700 g/mol. The summed E-state index contributed by atoms with van der Waals surface area (Å²) in [6.45, 7) is 21.5. The lowest BCUT2D eigenvalue weighted by Crippen LogP contribution is -2.39. The molecule has 1 aromatic heterocycles. The number of benzene rings is 4. The van der Waals surface area contributed by atoms with E-state index in [-0.39, 0.29) is 82.1 Å². The zero-order valence-electron chi connectivity index (χ0n) is 69.7. The number of carbonyl (C=O) groups excluding carboxylic acids is 3. The molecule has 39 heteroatoms. The molecule has 0 radical (unpaired) electrons. The number of imide groups is 1. The van der Waals surface area contributed by atoms with Crippen LogP contribution in [-0.2, 0) is 45.3 Å². The second kappa shape index (κ2) is 38.2. The fourth-order valence-corrected chi connectivity index (χ4v) is 15.8. The predicted octanol–water partition coefficient (Wildman–Crippen LogP) is 5.67. The van der Waals surface area contributed by atoms with Crippen molar-refractivity contribution in [1.82, 2.24) is 103 Å². The number of unbranched alkanes of at least 4 members (excludes halogenated alkanes) is 4. The molecule has 5 aromatic rings. The molecule has 3 fully saturated rings. The molecule has 0 unspecified atom stereocenters. The van der Waals surface area contributed by atoms with Crippen LogP contribution < -0.4 is 66.1 Å².